The molecule has 1 amide bonds. The normalized spacial score (nSPS) is 16.4. The van der Waals surface area contributed by atoms with Crippen LogP contribution in [-0.2, 0) is 22.9 Å². The second-order valence-electron chi connectivity index (χ2n) is 11.7. The zero-order valence-electron chi connectivity index (χ0n) is 24.1. The molecule has 1 aromatic carbocycles. The largest absolute Gasteiger partial charge is 0.543 e. The molecular formula is C28H43N5O5Si. The molecule has 1 fully saturated rings. The van der Waals surface area contributed by atoms with Crippen LogP contribution < -0.4 is 9.74 Å². The van der Waals surface area contributed by atoms with Crippen molar-refractivity contribution in [2.75, 3.05) is 26.4 Å². The van der Waals surface area contributed by atoms with Crippen LogP contribution in [-0.4, -0.2) is 65.4 Å². The van der Waals surface area contributed by atoms with Gasteiger partial charge in [0.1, 0.15) is 17.1 Å². The maximum absolute atomic E-state index is 11.8. The van der Waals surface area contributed by atoms with Gasteiger partial charge in [-0.2, -0.15) is 10.2 Å². The predicted octanol–water partition coefficient (Wildman–Crippen LogP) is 5.17. The van der Waals surface area contributed by atoms with Crippen LogP contribution in [0.25, 0.3) is 22.3 Å². The van der Waals surface area contributed by atoms with Crippen molar-refractivity contribution in [3.8, 4) is 17.1 Å². The zero-order chi connectivity index (χ0) is 28.2. The molecule has 214 valence electrons. The number of aliphatic hydroxyl groups excluding tert-OH is 1. The number of aromatic nitrogens is 4. The van der Waals surface area contributed by atoms with Gasteiger partial charge in [0, 0.05) is 44.3 Å². The number of rotatable bonds is 10. The molecule has 1 unspecified atom stereocenters. The average Bonchev–Trinajstić information content (AvgIpc) is 3.44. The maximum Gasteiger partial charge on any atom is 0.407 e. The van der Waals surface area contributed by atoms with Crippen molar-refractivity contribution in [1.29, 1.82) is 0 Å². The average molecular weight is 558 g/mol. The lowest BCUT2D eigenvalue weighted by molar-refractivity contribution is -0.0365. The van der Waals surface area contributed by atoms with Crippen molar-refractivity contribution in [3.05, 3.63) is 30.0 Å². The van der Waals surface area contributed by atoms with Crippen LogP contribution in [0.5, 0.6) is 5.75 Å². The number of nitrogens with zero attached hydrogens (tertiary/aromatic N) is 4. The number of hydrogen-bond acceptors (Lipinski definition) is 7. The molecule has 0 aliphatic carbocycles. The van der Waals surface area contributed by atoms with Crippen LogP contribution in [0.4, 0.5) is 4.79 Å². The summed E-state index contributed by atoms with van der Waals surface area (Å²) in [7, 11) is -0.141. The molecule has 0 spiro atoms. The molecule has 1 aliphatic rings. The van der Waals surface area contributed by atoms with E-state index in [1.165, 1.54) is 0 Å². The zero-order valence-corrected chi connectivity index (χ0v) is 25.1. The summed E-state index contributed by atoms with van der Waals surface area (Å²) in [5, 5.41) is 22.3. The molecule has 3 aromatic rings. The standard InChI is InChI=1S/C28H43N5O5Si/c1-28(2,3)39(5,6)38-21-11-12-24-22(19-21)26(31-33(24)25-10-7-8-16-36-25)23-18-20(32(4)30-23)13-17-37-27(35)29-14-9-15-34/h11-12,18-19,25,34H,7-10,13-17H2,1-6H3,(H,29,35). The first-order chi connectivity index (χ1) is 18.5. The Morgan fingerprint density at radius 3 is 2.72 bits per heavy atom. The first-order valence-electron chi connectivity index (χ1n) is 13.9. The van der Waals surface area contributed by atoms with E-state index < -0.39 is 14.4 Å². The molecule has 1 aliphatic heterocycles. The number of nitrogens with one attached hydrogen (secondary N) is 1. The molecule has 10 nitrogen and oxygen atoms in total. The van der Waals surface area contributed by atoms with Gasteiger partial charge in [0.15, 0.2) is 6.23 Å². The molecule has 2 N–H and O–H groups in total. The second-order valence-corrected chi connectivity index (χ2v) is 16.4. The topological polar surface area (TPSA) is 113 Å². The maximum atomic E-state index is 11.8. The molecule has 2 aromatic heterocycles. The van der Waals surface area contributed by atoms with Crippen LogP contribution in [0.2, 0.25) is 18.1 Å². The molecular weight excluding hydrogens is 514 g/mol. The highest BCUT2D eigenvalue weighted by molar-refractivity contribution is 6.74. The van der Waals surface area contributed by atoms with Crippen molar-refractivity contribution in [2.45, 2.75) is 77.2 Å². The van der Waals surface area contributed by atoms with Gasteiger partial charge in [0.25, 0.3) is 0 Å². The Kier molecular flexibility index (Phi) is 9.02. The van der Waals surface area contributed by atoms with Gasteiger partial charge >= 0.3 is 6.09 Å². The Hall–Kier alpha value is -2.89. The lowest BCUT2D eigenvalue weighted by Crippen LogP contribution is -2.43. The van der Waals surface area contributed by atoms with E-state index in [-0.39, 0.29) is 24.5 Å². The number of fused-ring (bicyclic) bond motifs is 1. The highest BCUT2D eigenvalue weighted by atomic mass is 28.4. The molecule has 0 bridgehead atoms. The number of benzene rings is 1. The van der Waals surface area contributed by atoms with Gasteiger partial charge in [-0.15, -0.1) is 0 Å². The van der Waals surface area contributed by atoms with E-state index in [9.17, 15) is 4.79 Å². The van der Waals surface area contributed by atoms with E-state index in [1.807, 2.05) is 23.9 Å². The number of ether oxygens (including phenoxy) is 2. The lowest BCUT2D eigenvalue weighted by atomic mass is 10.1. The fourth-order valence-electron chi connectivity index (χ4n) is 4.38. The highest BCUT2D eigenvalue weighted by Gasteiger charge is 2.39. The summed E-state index contributed by atoms with van der Waals surface area (Å²) in [6.07, 6.45) is 3.51. The van der Waals surface area contributed by atoms with Gasteiger partial charge in [-0.25, -0.2) is 9.48 Å². The Morgan fingerprint density at radius 1 is 1.23 bits per heavy atom. The Bertz CT molecular complexity index is 1270. The van der Waals surface area contributed by atoms with Crippen molar-refractivity contribution >= 4 is 25.3 Å². The monoisotopic (exact) mass is 557 g/mol. The second kappa shape index (κ2) is 12.1. The van der Waals surface area contributed by atoms with E-state index in [0.29, 0.717) is 19.4 Å². The predicted molar refractivity (Wildman–Crippen MR) is 153 cm³/mol. The Morgan fingerprint density at radius 2 is 2.03 bits per heavy atom. The first-order valence-corrected chi connectivity index (χ1v) is 16.8. The third-order valence-electron chi connectivity index (χ3n) is 7.70. The van der Waals surface area contributed by atoms with E-state index in [0.717, 1.165) is 59.6 Å². The summed E-state index contributed by atoms with van der Waals surface area (Å²) in [6.45, 7) is 12.6. The molecule has 1 atom stereocenters. The van der Waals surface area contributed by atoms with Gasteiger partial charge < -0.3 is 24.3 Å². The number of amides is 1. The fraction of sp³-hybridized carbons (Fsp3) is 0.607. The summed E-state index contributed by atoms with van der Waals surface area (Å²) < 4.78 is 21.8. The fourth-order valence-corrected chi connectivity index (χ4v) is 5.40. The van der Waals surface area contributed by atoms with Crippen molar-refractivity contribution in [1.82, 2.24) is 24.9 Å². The van der Waals surface area contributed by atoms with Crippen molar-refractivity contribution in [2.24, 2.45) is 7.05 Å². The smallest absolute Gasteiger partial charge is 0.407 e. The van der Waals surface area contributed by atoms with E-state index in [1.54, 1.807) is 4.68 Å². The Balaban J connectivity index is 1.62. The van der Waals surface area contributed by atoms with Gasteiger partial charge in [-0.05, 0) is 68.1 Å². The number of alkyl carbamates (subject to hydrolysis) is 1. The summed E-state index contributed by atoms with van der Waals surface area (Å²) in [5.41, 5.74) is 3.46. The molecule has 3 heterocycles. The van der Waals surface area contributed by atoms with Crippen LogP contribution in [0.1, 0.15) is 58.4 Å². The molecule has 11 heteroatoms. The van der Waals surface area contributed by atoms with E-state index in [4.69, 9.17) is 29.2 Å². The minimum atomic E-state index is -2.03. The van der Waals surface area contributed by atoms with Crippen molar-refractivity contribution in [3.63, 3.8) is 0 Å². The van der Waals surface area contributed by atoms with Crippen LogP contribution in [0, 0.1) is 0 Å². The molecule has 1 saturated heterocycles. The van der Waals surface area contributed by atoms with Crippen LogP contribution in [0.15, 0.2) is 24.3 Å². The summed E-state index contributed by atoms with van der Waals surface area (Å²) in [5.74, 6) is 0.844. The van der Waals surface area contributed by atoms with Gasteiger partial charge in [-0.1, -0.05) is 20.8 Å². The number of aryl methyl sites for hydroxylation is 1. The quantitative estimate of drug-likeness (QED) is 0.261. The molecule has 0 radical (unpaired) electrons. The number of carbonyl (C=O) groups is 1. The molecule has 0 saturated carbocycles. The summed E-state index contributed by atoms with van der Waals surface area (Å²) in [4.78, 5) is 11.8. The summed E-state index contributed by atoms with van der Waals surface area (Å²) in [6, 6.07) is 8.22. The van der Waals surface area contributed by atoms with Crippen LogP contribution in [0.3, 0.4) is 0 Å². The minimum absolute atomic E-state index is 0.0271. The number of carbonyl (C=O) groups excluding carboxylic acids is 1. The van der Waals surface area contributed by atoms with Crippen LogP contribution >= 0.6 is 0 Å². The number of hydrogen-bond donors (Lipinski definition) is 2. The molecule has 39 heavy (non-hydrogen) atoms. The lowest BCUT2D eigenvalue weighted by Gasteiger charge is -2.36. The number of aliphatic hydroxyl groups is 1. The third-order valence-corrected chi connectivity index (χ3v) is 12.1. The minimum Gasteiger partial charge on any atom is -0.543 e. The summed E-state index contributed by atoms with van der Waals surface area (Å²) >= 11 is 0. The van der Waals surface area contributed by atoms with Crippen molar-refractivity contribution < 1.29 is 23.8 Å². The van der Waals surface area contributed by atoms with Gasteiger partial charge in [-0.3, -0.25) is 4.68 Å². The Labute approximate surface area is 231 Å². The van der Waals surface area contributed by atoms with E-state index in [2.05, 4.69) is 51.3 Å². The highest BCUT2D eigenvalue weighted by Crippen LogP contribution is 2.39. The van der Waals surface area contributed by atoms with Gasteiger partial charge in [0.05, 0.1) is 12.1 Å². The first kappa shape index (κ1) is 29.1. The SMILES string of the molecule is Cn1nc(-c2nn(C3CCCCO3)c3ccc(O[Si](C)(C)C(C)(C)C)cc23)cc1CCOC(=O)NCCCO. The molecule has 4 rings (SSSR count). The van der Waals surface area contributed by atoms with Gasteiger partial charge in [0.2, 0.25) is 8.32 Å². The van der Waals surface area contributed by atoms with E-state index >= 15 is 0 Å². The third kappa shape index (κ3) is 6.82.